The van der Waals surface area contributed by atoms with Crippen LogP contribution in [0.25, 0.3) is 0 Å². The second-order valence-corrected chi connectivity index (χ2v) is 4.21. The number of carbonyl (C=O) groups is 1. The molecule has 0 aliphatic heterocycles. The van der Waals surface area contributed by atoms with Gasteiger partial charge in [0, 0.05) is 10.0 Å². The smallest absolute Gasteiger partial charge is 0.340 e. The minimum Gasteiger partial charge on any atom is -0.428 e. The lowest BCUT2D eigenvalue weighted by atomic mass is 10.2. The molecule has 0 aliphatic carbocycles. The average Bonchev–Trinajstić information content (AvgIpc) is 2.00. The summed E-state index contributed by atoms with van der Waals surface area (Å²) in [4.78, 5) is 11.3. The third kappa shape index (κ3) is 3.54. The fraction of sp³-hybridized carbons (Fsp3) is 0.125. The highest BCUT2D eigenvalue weighted by molar-refractivity contribution is 6.43. The molecule has 1 aromatic carbocycles. The molecular formula is C8H4Cl4O2. The molecule has 0 aromatic heterocycles. The summed E-state index contributed by atoms with van der Waals surface area (Å²) in [6.07, 6.45) is 0. The third-order valence-corrected chi connectivity index (χ3v) is 1.91. The van der Waals surface area contributed by atoms with Crippen LogP contribution in [0.2, 0.25) is 10.0 Å². The van der Waals surface area contributed by atoms with Crippen molar-refractivity contribution < 1.29 is 9.53 Å². The van der Waals surface area contributed by atoms with Gasteiger partial charge in [-0.3, -0.25) is 0 Å². The molecule has 1 aromatic rings. The zero-order chi connectivity index (χ0) is 10.7. The van der Waals surface area contributed by atoms with Crippen molar-refractivity contribution in [3.63, 3.8) is 0 Å². The lowest BCUT2D eigenvalue weighted by molar-refractivity contribution is 0.0536. The Labute approximate surface area is 101 Å². The Hall–Kier alpha value is -0.150. The number of rotatable bonds is 2. The van der Waals surface area contributed by atoms with Crippen LogP contribution in [0.4, 0.5) is 0 Å². The van der Waals surface area contributed by atoms with Crippen LogP contribution in [0.1, 0.15) is 10.4 Å². The standard InChI is InChI=1S/C8H4Cl4O2/c9-5-1-4(2-6(10)3-5)7(13)14-8(11)12/h1-3,8H. The average molecular weight is 274 g/mol. The van der Waals surface area contributed by atoms with Gasteiger partial charge in [-0.15, -0.1) is 0 Å². The predicted octanol–water partition coefficient (Wildman–Crippen LogP) is 3.91. The van der Waals surface area contributed by atoms with Crippen molar-refractivity contribution >= 4 is 52.4 Å². The quantitative estimate of drug-likeness (QED) is 0.603. The van der Waals surface area contributed by atoms with Gasteiger partial charge in [0.25, 0.3) is 5.02 Å². The van der Waals surface area contributed by atoms with Gasteiger partial charge in [0.1, 0.15) is 0 Å². The van der Waals surface area contributed by atoms with E-state index in [0.29, 0.717) is 10.0 Å². The van der Waals surface area contributed by atoms with E-state index >= 15 is 0 Å². The zero-order valence-electron chi connectivity index (χ0n) is 6.64. The van der Waals surface area contributed by atoms with Crippen LogP contribution in [0, 0.1) is 0 Å². The van der Waals surface area contributed by atoms with Gasteiger partial charge in [-0.05, 0) is 18.2 Å². The van der Waals surface area contributed by atoms with E-state index in [-0.39, 0.29) is 5.56 Å². The maximum absolute atomic E-state index is 11.3. The van der Waals surface area contributed by atoms with Crippen molar-refractivity contribution in [3.05, 3.63) is 33.8 Å². The number of ether oxygens (including phenoxy) is 1. The summed E-state index contributed by atoms with van der Waals surface area (Å²) in [5, 5.41) is -0.532. The first-order valence-electron chi connectivity index (χ1n) is 3.44. The number of hydrogen-bond acceptors (Lipinski definition) is 2. The number of carbonyl (C=O) groups excluding carboxylic acids is 1. The molecule has 2 nitrogen and oxygen atoms in total. The molecule has 0 amide bonds. The Morgan fingerprint density at radius 1 is 1.14 bits per heavy atom. The van der Waals surface area contributed by atoms with E-state index in [1.807, 2.05) is 0 Å². The highest BCUT2D eigenvalue weighted by Gasteiger charge is 2.12. The van der Waals surface area contributed by atoms with E-state index in [1.54, 1.807) is 0 Å². The minimum absolute atomic E-state index is 0.203. The largest absolute Gasteiger partial charge is 0.428 e. The molecule has 0 aliphatic rings. The second kappa shape index (κ2) is 5.08. The Morgan fingerprint density at radius 2 is 1.64 bits per heavy atom. The van der Waals surface area contributed by atoms with Crippen molar-refractivity contribution in [2.45, 2.75) is 5.02 Å². The molecular weight excluding hydrogens is 270 g/mol. The van der Waals surface area contributed by atoms with E-state index < -0.39 is 11.0 Å². The fourth-order valence-corrected chi connectivity index (χ4v) is 1.51. The van der Waals surface area contributed by atoms with Gasteiger partial charge in [0.05, 0.1) is 5.56 Å². The number of esters is 1. The van der Waals surface area contributed by atoms with Crippen LogP contribution in [-0.4, -0.2) is 11.0 Å². The lowest BCUT2D eigenvalue weighted by Gasteiger charge is -2.05. The van der Waals surface area contributed by atoms with Crippen LogP contribution in [0.3, 0.4) is 0 Å². The summed E-state index contributed by atoms with van der Waals surface area (Å²) in [5.74, 6) is -0.676. The highest BCUT2D eigenvalue weighted by atomic mass is 35.5. The van der Waals surface area contributed by atoms with E-state index in [4.69, 9.17) is 46.4 Å². The maximum atomic E-state index is 11.3. The minimum atomic E-state index is -1.21. The first-order chi connectivity index (χ1) is 6.49. The van der Waals surface area contributed by atoms with Crippen LogP contribution < -0.4 is 0 Å². The van der Waals surface area contributed by atoms with Crippen LogP contribution in [-0.2, 0) is 4.74 Å². The molecule has 14 heavy (non-hydrogen) atoms. The zero-order valence-corrected chi connectivity index (χ0v) is 9.66. The molecule has 0 radical (unpaired) electrons. The molecule has 0 bridgehead atoms. The fourth-order valence-electron chi connectivity index (χ4n) is 0.821. The van der Waals surface area contributed by atoms with Gasteiger partial charge in [0.15, 0.2) is 0 Å². The lowest BCUT2D eigenvalue weighted by Crippen LogP contribution is -2.08. The van der Waals surface area contributed by atoms with E-state index in [2.05, 4.69) is 4.74 Å². The summed E-state index contributed by atoms with van der Waals surface area (Å²) in [5.41, 5.74) is 0.203. The molecule has 0 fully saturated rings. The molecule has 0 atom stereocenters. The molecule has 0 saturated heterocycles. The molecule has 6 heteroatoms. The van der Waals surface area contributed by atoms with Gasteiger partial charge in [-0.2, -0.15) is 0 Å². The molecule has 1 rings (SSSR count). The monoisotopic (exact) mass is 272 g/mol. The Morgan fingerprint density at radius 3 is 2.07 bits per heavy atom. The first kappa shape index (κ1) is 11.9. The van der Waals surface area contributed by atoms with Gasteiger partial charge in [0.2, 0.25) is 0 Å². The van der Waals surface area contributed by atoms with Gasteiger partial charge in [-0.1, -0.05) is 46.4 Å². The summed E-state index contributed by atoms with van der Waals surface area (Å²) in [7, 11) is 0. The topological polar surface area (TPSA) is 26.3 Å². The van der Waals surface area contributed by atoms with Crippen molar-refractivity contribution in [2.75, 3.05) is 0 Å². The second-order valence-electron chi connectivity index (χ2n) is 2.32. The predicted molar refractivity (Wildman–Crippen MR) is 57.4 cm³/mol. The number of halogens is 4. The number of benzene rings is 1. The Balaban J connectivity index is 2.90. The van der Waals surface area contributed by atoms with E-state index in [9.17, 15) is 4.79 Å². The van der Waals surface area contributed by atoms with Gasteiger partial charge < -0.3 is 4.74 Å². The molecule has 0 spiro atoms. The molecule has 0 saturated carbocycles. The highest BCUT2D eigenvalue weighted by Crippen LogP contribution is 2.20. The summed E-state index contributed by atoms with van der Waals surface area (Å²) >= 11 is 21.9. The normalized spacial score (nSPS) is 10.4. The van der Waals surface area contributed by atoms with Gasteiger partial charge >= 0.3 is 5.97 Å². The summed E-state index contributed by atoms with van der Waals surface area (Å²) < 4.78 is 4.52. The Bertz CT molecular complexity index is 331. The summed E-state index contributed by atoms with van der Waals surface area (Å²) in [6.45, 7) is 0. The van der Waals surface area contributed by atoms with Crippen molar-refractivity contribution in [1.82, 2.24) is 0 Å². The van der Waals surface area contributed by atoms with E-state index in [1.165, 1.54) is 18.2 Å². The summed E-state index contributed by atoms with van der Waals surface area (Å²) in [6, 6.07) is 4.32. The SMILES string of the molecule is O=C(OC(Cl)Cl)c1cc(Cl)cc(Cl)c1. The van der Waals surface area contributed by atoms with Crippen LogP contribution in [0.5, 0.6) is 0 Å². The van der Waals surface area contributed by atoms with Crippen molar-refractivity contribution in [2.24, 2.45) is 0 Å². The van der Waals surface area contributed by atoms with E-state index in [0.717, 1.165) is 0 Å². The number of alkyl halides is 2. The van der Waals surface area contributed by atoms with Crippen molar-refractivity contribution in [3.8, 4) is 0 Å². The Kier molecular flexibility index (Phi) is 4.32. The molecule has 0 heterocycles. The van der Waals surface area contributed by atoms with Crippen LogP contribution in [0.15, 0.2) is 18.2 Å². The third-order valence-electron chi connectivity index (χ3n) is 1.29. The number of hydrogen-bond donors (Lipinski definition) is 0. The molecule has 0 N–H and O–H groups in total. The maximum Gasteiger partial charge on any atom is 0.340 e. The van der Waals surface area contributed by atoms with Crippen molar-refractivity contribution in [1.29, 1.82) is 0 Å². The van der Waals surface area contributed by atoms with Crippen LogP contribution >= 0.6 is 46.4 Å². The molecule has 0 unspecified atom stereocenters. The first-order valence-corrected chi connectivity index (χ1v) is 5.07. The molecule has 76 valence electrons. The van der Waals surface area contributed by atoms with Gasteiger partial charge in [-0.25, -0.2) is 4.79 Å².